The van der Waals surface area contributed by atoms with Crippen molar-refractivity contribution in [3.8, 4) is 0 Å². The van der Waals surface area contributed by atoms with Gasteiger partial charge in [0.25, 0.3) is 0 Å². The van der Waals surface area contributed by atoms with Gasteiger partial charge in [-0.3, -0.25) is 14.9 Å². The molecule has 0 spiro atoms. The van der Waals surface area contributed by atoms with Gasteiger partial charge in [0.2, 0.25) is 0 Å². The molecule has 0 aliphatic rings. The van der Waals surface area contributed by atoms with E-state index >= 15 is 0 Å². The molecule has 0 saturated heterocycles. The van der Waals surface area contributed by atoms with Crippen LogP contribution >= 0.6 is 0 Å². The third kappa shape index (κ3) is 8.56. The van der Waals surface area contributed by atoms with E-state index in [-0.39, 0.29) is 6.61 Å². The number of rotatable bonds is 15. The first kappa shape index (κ1) is 24.5. The molecular weight excluding hydrogens is 402 g/mol. The molecule has 2 aromatic heterocycles. The van der Waals surface area contributed by atoms with E-state index in [0.717, 1.165) is 17.8 Å². The lowest BCUT2D eigenvalue weighted by atomic mass is 10.2. The van der Waals surface area contributed by atoms with Crippen molar-refractivity contribution in [2.75, 3.05) is 41.1 Å². The van der Waals surface area contributed by atoms with Crippen LogP contribution in [0.3, 0.4) is 0 Å². The van der Waals surface area contributed by atoms with Crippen LogP contribution < -0.4 is 0 Å². The van der Waals surface area contributed by atoms with E-state index in [2.05, 4.69) is 14.9 Å². The summed E-state index contributed by atoms with van der Waals surface area (Å²) in [6.45, 7) is 2.46. The van der Waals surface area contributed by atoms with Gasteiger partial charge in [-0.15, -0.1) is 0 Å². The Morgan fingerprint density at radius 1 is 0.933 bits per heavy atom. The quantitative estimate of drug-likeness (QED) is 0.336. The van der Waals surface area contributed by atoms with Crippen LogP contribution in [-0.4, -0.2) is 76.0 Å². The van der Waals surface area contributed by atoms with Gasteiger partial charge in [-0.2, -0.15) is 0 Å². The first-order valence-electron chi connectivity index (χ1n) is 10.0. The van der Waals surface area contributed by atoms with E-state index in [1.165, 1.54) is 0 Å². The molecule has 2 heterocycles. The summed E-state index contributed by atoms with van der Waals surface area (Å²) in [6.07, 6.45) is 3.67. The number of aromatic nitrogens is 2. The molecule has 0 bridgehead atoms. The number of ether oxygens (including phenoxy) is 1. The number of hydrogen-bond donors (Lipinski definition) is 1. The van der Waals surface area contributed by atoms with Gasteiger partial charge < -0.3 is 23.1 Å². The normalized spacial score (nSPS) is 13.0. The molecule has 1 unspecified atom stereocenters. The van der Waals surface area contributed by atoms with E-state index in [1.54, 1.807) is 33.7 Å². The lowest BCUT2D eigenvalue weighted by Crippen LogP contribution is -2.42. The minimum Gasteiger partial charge on any atom is -0.389 e. The van der Waals surface area contributed by atoms with E-state index in [4.69, 9.17) is 18.0 Å². The highest BCUT2D eigenvalue weighted by Gasteiger charge is 2.36. The fraction of sp³-hybridized carbons (Fsp3) is 0.524. The van der Waals surface area contributed by atoms with Crippen LogP contribution in [-0.2, 0) is 31.1 Å². The molecule has 166 valence electrons. The van der Waals surface area contributed by atoms with Crippen LogP contribution in [0.15, 0.2) is 48.8 Å². The third-order valence-corrected chi connectivity index (χ3v) is 7.54. The maximum Gasteiger partial charge on any atom is 0.500 e. The summed E-state index contributed by atoms with van der Waals surface area (Å²) >= 11 is 0. The van der Waals surface area contributed by atoms with Crippen molar-refractivity contribution in [2.24, 2.45) is 0 Å². The third-order valence-electron chi connectivity index (χ3n) is 4.71. The smallest absolute Gasteiger partial charge is 0.389 e. The molecule has 0 radical (unpaired) electrons. The first-order valence-corrected chi connectivity index (χ1v) is 12.0. The molecule has 8 nitrogen and oxygen atoms in total. The van der Waals surface area contributed by atoms with Crippen molar-refractivity contribution in [3.63, 3.8) is 0 Å². The van der Waals surface area contributed by atoms with Crippen molar-refractivity contribution < 1.29 is 23.1 Å². The molecule has 2 rings (SSSR count). The maximum atomic E-state index is 10.5. The Hall–Kier alpha value is -1.72. The zero-order chi connectivity index (χ0) is 21.7. The lowest BCUT2D eigenvalue weighted by Gasteiger charge is -2.25. The topological polar surface area (TPSA) is 86.2 Å². The van der Waals surface area contributed by atoms with Gasteiger partial charge in [-0.1, -0.05) is 12.1 Å². The highest BCUT2D eigenvalue weighted by molar-refractivity contribution is 6.60. The summed E-state index contributed by atoms with van der Waals surface area (Å²) < 4.78 is 21.9. The molecule has 0 fully saturated rings. The van der Waals surface area contributed by atoms with Gasteiger partial charge in [0.15, 0.2) is 0 Å². The Morgan fingerprint density at radius 3 is 1.97 bits per heavy atom. The summed E-state index contributed by atoms with van der Waals surface area (Å²) in [5.41, 5.74) is 1.89. The monoisotopic (exact) mass is 435 g/mol. The van der Waals surface area contributed by atoms with Crippen molar-refractivity contribution in [1.29, 1.82) is 0 Å². The molecule has 1 atom stereocenters. The van der Waals surface area contributed by atoms with E-state index in [0.29, 0.717) is 32.3 Å². The van der Waals surface area contributed by atoms with E-state index in [9.17, 15) is 5.11 Å². The minimum atomic E-state index is -2.57. The standard InChI is InChI=1S/C21H33N3O5Si/c1-26-30(27-2,28-3)14-8-13-29-18-21(25)17-24(15-19-9-4-6-11-22-19)16-20-10-5-7-12-23-20/h4-7,9-12,21,25H,8,13-18H2,1-3H3. The summed E-state index contributed by atoms with van der Waals surface area (Å²) in [5.74, 6) is 0. The van der Waals surface area contributed by atoms with Crippen LogP contribution in [0.2, 0.25) is 6.04 Å². The Morgan fingerprint density at radius 2 is 1.50 bits per heavy atom. The predicted molar refractivity (Wildman–Crippen MR) is 116 cm³/mol. The van der Waals surface area contributed by atoms with E-state index in [1.807, 2.05) is 36.4 Å². The van der Waals surface area contributed by atoms with Crippen molar-refractivity contribution >= 4 is 8.80 Å². The van der Waals surface area contributed by atoms with Crippen molar-refractivity contribution in [1.82, 2.24) is 14.9 Å². The highest BCUT2D eigenvalue weighted by Crippen LogP contribution is 2.15. The van der Waals surface area contributed by atoms with Crippen LogP contribution in [0.5, 0.6) is 0 Å². The van der Waals surface area contributed by atoms with Gasteiger partial charge >= 0.3 is 8.80 Å². The second kappa shape index (κ2) is 13.6. The second-order valence-electron chi connectivity index (χ2n) is 6.94. The Bertz CT molecular complexity index is 642. The van der Waals surface area contributed by atoms with E-state index < -0.39 is 14.9 Å². The number of aliphatic hydroxyl groups excluding tert-OH is 1. The molecule has 1 N–H and O–H groups in total. The van der Waals surface area contributed by atoms with Crippen LogP contribution in [0.25, 0.3) is 0 Å². The first-order chi connectivity index (χ1) is 14.6. The van der Waals surface area contributed by atoms with Gasteiger partial charge in [-0.25, -0.2) is 0 Å². The summed E-state index contributed by atoms with van der Waals surface area (Å²) in [4.78, 5) is 10.9. The van der Waals surface area contributed by atoms with Gasteiger partial charge in [-0.05, 0) is 30.7 Å². The maximum absolute atomic E-state index is 10.5. The van der Waals surface area contributed by atoms with Crippen LogP contribution in [0, 0.1) is 0 Å². The number of aliphatic hydroxyl groups is 1. The molecular formula is C21H33N3O5Si. The SMILES string of the molecule is CO[Si](CCCOCC(O)CN(Cc1ccccn1)Cc1ccccn1)(OC)OC. The van der Waals surface area contributed by atoms with Gasteiger partial charge in [0.05, 0.1) is 24.1 Å². The predicted octanol–water partition coefficient (Wildman–Crippen LogP) is 2.12. The molecule has 0 saturated carbocycles. The molecule has 0 aliphatic carbocycles. The van der Waals surface area contributed by atoms with Crippen LogP contribution in [0.4, 0.5) is 0 Å². The molecule has 2 aromatic rings. The average Bonchev–Trinajstić information content (AvgIpc) is 2.78. The Balaban J connectivity index is 1.81. The summed E-state index contributed by atoms with van der Waals surface area (Å²) in [6, 6.07) is 12.3. The number of hydrogen-bond acceptors (Lipinski definition) is 8. The molecule has 30 heavy (non-hydrogen) atoms. The minimum absolute atomic E-state index is 0.252. The van der Waals surface area contributed by atoms with Gasteiger partial charge in [0, 0.05) is 66.0 Å². The fourth-order valence-corrected chi connectivity index (χ4v) is 4.83. The summed E-state index contributed by atoms with van der Waals surface area (Å²) in [7, 11) is 2.22. The zero-order valence-corrected chi connectivity index (χ0v) is 19.1. The number of pyridine rings is 2. The molecule has 0 amide bonds. The van der Waals surface area contributed by atoms with Crippen molar-refractivity contribution in [2.45, 2.75) is 31.7 Å². The Kier molecular flexibility index (Phi) is 11.1. The number of nitrogens with zero attached hydrogens (tertiary/aromatic N) is 3. The fourth-order valence-electron chi connectivity index (χ4n) is 3.14. The largest absolute Gasteiger partial charge is 0.500 e. The highest BCUT2D eigenvalue weighted by atomic mass is 28.4. The summed E-state index contributed by atoms with van der Waals surface area (Å²) in [5, 5.41) is 10.5. The van der Waals surface area contributed by atoms with Crippen molar-refractivity contribution in [3.05, 3.63) is 60.2 Å². The zero-order valence-electron chi connectivity index (χ0n) is 18.1. The van der Waals surface area contributed by atoms with Gasteiger partial charge in [0.1, 0.15) is 0 Å². The molecule has 0 aliphatic heterocycles. The van der Waals surface area contributed by atoms with Crippen LogP contribution in [0.1, 0.15) is 17.8 Å². The lowest BCUT2D eigenvalue weighted by molar-refractivity contribution is 0.0123. The molecule has 9 heteroatoms. The Labute approximate surface area is 180 Å². The average molecular weight is 436 g/mol. The molecule has 0 aromatic carbocycles. The second-order valence-corrected chi connectivity index (χ2v) is 10.0.